The highest BCUT2D eigenvalue weighted by atomic mass is 35.5. The molecule has 0 radical (unpaired) electrons. The Hall–Kier alpha value is -2.41. The molecule has 0 N–H and O–H groups in total. The maximum atomic E-state index is 12.8. The monoisotopic (exact) mass is 375 g/mol. The highest BCUT2D eigenvalue weighted by Gasteiger charge is 2.28. The molecule has 1 aromatic heterocycles. The molecular weight excluding hydrogens is 354 g/mol. The van der Waals surface area contributed by atoms with Crippen LogP contribution in [0.4, 0.5) is 0 Å². The molecule has 1 saturated heterocycles. The SMILES string of the molecule is Cc1c(C(=O)N2CCN(C(=O)C(C)C)CC2)nnn1-c1cccc(Cl)c1. The van der Waals surface area contributed by atoms with Crippen LogP contribution in [0.1, 0.15) is 30.0 Å². The van der Waals surface area contributed by atoms with Crippen LogP contribution in [0.25, 0.3) is 5.69 Å². The van der Waals surface area contributed by atoms with Crippen molar-refractivity contribution < 1.29 is 9.59 Å². The van der Waals surface area contributed by atoms with Gasteiger partial charge in [-0.3, -0.25) is 9.59 Å². The smallest absolute Gasteiger partial charge is 0.276 e. The summed E-state index contributed by atoms with van der Waals surface area (Å²) in [7, 11) is 0. The van der Waals surface area contributed by atoms with Gasteiger partial charge in [0.1, 0.15) is 0 Å². The van der Waals surface area contributed by atoms with Gasteiger partial charge in [-0.2, -0.15) is 0 Å². The maximum absolute atomic E-state index is 12.8. The number of hydrogen-bond acceptors (Lipinski definition) is 4. The zero-order valence-corrected chi connectivity index (χ0v) is 15.9. The predicted molar refractivity (Wildman–Crippen MR) is 98.4 cm³/mol. The van der Waals surface area contributed by atoms with E-state index in [0.29, 0.717) is 42.6 Å². The largest absolute Gasteiger partial charge is 0.339 e. The van der Waals surface area contributed by atoms with Gasteiger partial charge in [-0.05, 0) is 25.1 Å². The van der Waals surface area contributed by atoms with Gasteiger partial charge < -0.3 is 9.80 Å². The summed E-state index contributed by atoms with van der Waals surface area (Å²) in [6.07, 6.45) is 0. The van der Waals surface area contributed by atoms with E-state index in [1.54, 1.807) is 21.7 Å². The van der Waals surface area contributed by atoms with Crippen molar-refractivity contribution in [3.8, 4) is 5.69 Å². The number of aromatic nitrogens is 3. The lowest BCUT2D eigenvalue weighted by Crippen LogP contribution is -2.51. The second-order valence-electron chi connectivity index (χ2n) is 6.69. The number of nitrogens with zero attached hydrogens (tertiary/aromatic N) is 5. The average Bonchev–Trinajstić information content (AvgIpc) is 3.02. The minimum absolute atomic E-state index is 0.0305. The summed E-state index contributed by atoms with van der Waals surface area (Å²) in [5.41, 5.74) is 1.75. The first kappa shape index (κ1) is 18.4. The Morgan fingerprint density at radius 2 is 1.77 bits per heavy atom. The summed E-state index contributed by atoms with van der Waals surface area (Å²) in [4.78, 5) is 28.4. The Morgan fingerprint density at radius 3 is 2.38 bits per heavy atom. The second kappa shape index (κ2) is 7.45. The van der Waals surface area contributed by atoms with E-state index in [-0.39, 0.29) is 17.7 Å². The Balaban J connectivity index is 1.73. The molecule has 0 bridgehead atoms. The van der Waals surface area contributed by atoms with Crippen molar-refractivity contribution in [2.24, 2.45) is 5.92 Å². The van der Waals surface area contributed by atoms with Crippen LogP contribution < -0.4 is 0 Å². The number of carbonyl (C=O) groups excluding carboxylic acids is 2. The van der Waals surface area contributed by atoms with Gasteiger partial charge in [0.15, 0.2) is 5.69 Å². The van der Waals surface area contributed by atoms with Gasteiger partial charge in [-0.25, -0.2) is 4.68 Å². The van der Waals surface area contributed by atoms with E-state index in [1.165, 1.54) is 0 Å². The van der Waals surface area contributed by atoms with Crippen LogP contribution in [-0.2, 0) is 4.79 Å². The fourth-order valence-electron chi connectivity index (χ4n) is 3.02. The highest BCUT2D eigenvalue weighted by Crippen LogP contribution is 2.18. The molecular formula is C18H22ClN5O2. The molecule has 1 fully saturated rings. The van der Waals surface area contributed by atoms with Crippen molar-refractivity contribution >= 4 is 23.4 Å². The van der Waals surface area contributed by atoms with Crippen LogP contribution in [0, 0.1) is 12.8 Å². The maximum Gasteiger partial charge on any atom is 0.276 e. The van der Waals surface area contributed by atoms with Crippen molar-refractivity contribution in [1.82, 2.24) is 24.8 Å². The number of amides is 2. The molecule has 0 spiro atoms. The molecule has 138 valence electrons. The molecule has 0 unspecified atom stereocenters. The quantitative estimate of drug-likeness (QED) is 0.824. The van der Waals surface area contributed by atoms with Crippen molar-refractivity contribution in [1.29, 1.82) is 0 Å². The number of hydrogen-bond donors (Lipinski definition) is 0. The van der Waals surface area contributed by atoms with E-state index < -0.39 is 0 Å². The van der Waals surface area contributed by atoms with Gasteiger partial charge >= 0.3 is 0 Å². The third-order valence-corrected chi connectivity index (χ3v) is 4.76. The summed E-state index contributed by atoms with van der Waals surface area (Å²) in [6, 6.07) is 7.23. The summed E-state index contributed by atoms with van der Waals surface area (Å²) in [6.45, 7) is 7.68. The van der Waals surface area contributed by atoms with Crippen molar-refractivity contribution in [2.75, 3.05) is 26.2 Å². The molecule has 2 amide bonds. The molecule has 1 aliphatic heterocycles. The molecule has 1 aromatic carbocycles. The zero-order chi connectivity index (χ0) is 18.8. The van der Waals surface area contributed by atoms with Crippen molar-refractivity contribution in [2.45, 2.75) is 20.8 Å². The molecule has 8 heteroatoms. The van der Waals surface area contributed by atoms with E-state index in [0.717, 1.165) is 5.69 Å². The minimum atomic E-state index is -0.160. The first-order chi connectivity index (χ1) is 12.4. The molecule has 0 aliphatic carbocycles. The van der Waals surface area contributed by atoms with E-state index in [9.17, 15) is 9.59 Å². The number of benzene rings is 1. The van der Waals surface area contributed by atoms with E-state index in [4.69, 9.17) is 11.6 Å². The lowest BCUT2D eigenvalue weighted by molar-refractivity contribution is -0.135. The normalized spacial score (nSPS) is 14.8. The third kappa shape index (κ3) is 3.58. The number of halogens is 1. The van der Waals surface area contributed by atoms with Gasteiger partial charge in [0.2, 0.25) is 5.91 Å². The first-order valence-corrected chi connectivity index (χ1v) is 9.02. The van der Waals surface area contributed by atoms with E-state index in [1.807, 2.05) is 37.8 Å². The molecule has 2 aromatic rings. The third-order valence-electron chi connectivity index (χ3n) is 4.52. The fourth-order valence-corrected chi connectivity index (χ4v) is 3.21. The lowest BCUT2D eigenvalue weighted by Gasteiger charge is -2.35. The van der Waals surface area contributed by atoms with Gasteiger partial charge in [-0.1, -0.05) is 36.7 Å². The Kier molecular flexibility index (Phi) is 5.27. The van der Waals surface area contributed by atoms with Crippen molar-refractivity contribution in [3.63, 3.8) is 0 Å². The highest BCUT2D eigenvalue weighted by molar-refractivity contribution is 6.30. The number of carbonyl (C=O) groups is 2. The van der Waals surface area contributed by atoms with E-state index >= 15 is 0 Å². The molecule has 2 heterocycles. The van der Waals surface area contributed by atoms with Crippen LogP contribution in [0.3, 0.4) is 0 Å². The van der Waals surface area contributed by atoms with E-state index in [2.05, 4.69) is 10.3 Å². The summed E-state index contributed by atoms with van der Waals surface area (Å²) < 4.78 is 1.61. The first-order valence-electron chi connectivity index (χ1n) is 8.64. The minimum Gasteiger partial charge on any atom is -0.339 e. The summed E-state index contributed by atoms with van der Waals surface area (Å²) in [5, 5.41) is 8.78. The topological polar surface area (TPSA) is 71.3 Å². The predicted octanol–water partition coefficient (Wildman–Crippen LogP) is 2.17. The number of rotatable bonds is 3. The van der Waals surface area contributed by atoms with Crippen LogP contribution in [-0.4, -0.2) is 62.8 Å². The number of piperazine rings is 1. The lowest BCUT2D eigenvalue weighted by atomic mass is 10.1. The van der Waals surface area contributed by atoms with Gasteiger partial charge in [-0.15, -0.1) is 5.10 Å². The molecule has 7 nitrogen and oxygen atoms in total. The molecule has 1 aliphatic rings. The Labute approximate surface area is 157 Å². The summed E-state index contributed by atoms with van der Waals surface area (Å²) in [5.74, 6) is -0.0651. The fraction of sp³-hybridized carbons (Fsp3) is 0.444. The second-order valence-corrected chi connectivity index (χ2v) is 7.12. The molecule has 26 heavy (non-hydrogen) atoms. The molecule has 3 rings (SSSR count). The summed E-state index contributed by atoms with van der Waals surface area (Å²) >= 11 is 6.03. The molecule has 0 atom stereocenters. The van der Waals surface area contributed by atoms with Gasteiger partial charge in [0.25, 0.3) is 5.91 Å². The van der Waals surface area contributed by atoms with Crippen LogP contribution in [0.15, 0.2) is 24.3 Å². The zero-order valence-electron chi connectivity index (χ0n) is 15.1. The Morgan fingerprint density at radius 1 is 1.12 bits per heavy atom. The average molecular weight is 376 g/mol. The van der Waals surface area contributed by atoms with Crippen molar-refractivity contribution in [3.05, 3.63) is 40.7 Å². The standard InChI is InChI=1S/C18H22ClN5O2/c1-12(2)17(25)22-7-9-23(10-8-22)18(26)16-13(3)24(21-20-16)15-6-4-5-14(19)11-15/h4-6,11-12H,7-10H2,1-3H3. The Bertz CT molecular complexity index is 825. The molecule has 0 saturated carbocycles. The van der Waals surface area contributed by atoms with Crippen LogP contribution in [0.5, 0.6) is 0 Å². The van der Waals surface area contributed by atoms with Crippen LogP contribution >= 0.6 is 11.6 Å². The van der Waals surface area contributed by atoms with Gasteiger partial charge in [0.05, 0.1) is 11.4 Å². The van der Waals surface area contributed by atoms with Crippen LogP contribution in [0.2, 0.25) is 5.02 Å². The van der Waals surface area contributed by atoms with Gasteiger partial charge in [0, 0.05) is 37.1 Å².